The number of carbonyl (C=O) groups excluding carboxylic acids is 2. The van der Waals surface area contributed by atoms with Gasteiger partial charge in [-0.15, -0.1) is 0 Å². The van der Waals surface area contributed by atoms with Crippen molar-refractivity contribution in [2.75, 3.05) is 45.9 Å². The normalized spacial score (nSPS) is 18.3. The van der Waals surface area contributed by atoms with E-state index >= 15 is 0 Å². The Kier molecular flexibility index (Phi) is 8.82. The molecule has 8 nitrogen and oxygen atoms in total. The maximum Gasteiger partial charge on any atom is 0.318 e. The number of nitrogens with zero attached hydrogens (tertiary/aromatic N) is 2. The summed E-state index contributed by atoms with van der Waals surface area (Å²) in [5.74, 6) is 0.685. The molecule has 0 bridgehead atoms. The third-order valence-electron chi connectivity index (χ3n) is 5.61. The quantitative estimate of drug-likeness (QED) is 0.655. The van der Waals surface area contributed by atoms with Crippen molar-refractivity contribution in [2.24, 2.45) is 0 Å². The van der Waals surface area contributed by atoms with Gasteiger partial charge in [0.05, 0.1) is 26.0 Å². The van der Waals surface area contributed by atoms with Crippen molar-refractivity contribution in [3.05, 3.63) is 24.2 Å². The minimum Gasteiger partial charge on any atom is -0.467 e. The Balaban J connectivity index is 1.42. The number of urea groups is 1. The SMILES string of the molecule is O=C(CCN(Cc1ccco1)C(=O)NC1CCCCC1)NCCN1CCOCC1. The standard InChI is InChI=1S/C21H34N4O4/c26-20(22-9-11-24-12-15-28-16-13-24)8-10-25(17-19-7-4-14-29-19)21(27)23-18-5-2-1-3-6-18/h4,7,14,18H,1-3,5-6,8-13,15-17H2,(H,22,26)(H,23,27). The van der Waals surface area contributed by atoms with Crippen molar-refractivity contribution in [3.8, 4) is 0 Å². The fourth-order valence-electron chi connectivity index (χ4n) is 3.86. The number of ether oxygens (including phenoxy) is 1. The van der Waals surface area contributed by atoms with Gasteiger partial charge in [-0.05, 0) is 25.0 Å². The van der Waals surface area contributed by atoms with E-state index in [-0.39, 0.29) is 24.4 Å². The first-order chi connectivity index (χ1) is 14.2. The van der Waals surface area contributed by atoms with Crippen LogP contribution in [-0.2, 0) is 16.1 Å². The molecule has 0 spiro atoms. The predicted octanol–water partition coefficient (Wildman–Crippen LogP) is 1.96. The third-order valence-corrected chi connectivity index (χ3v) is 5.61. The molecule has 2 heterocycles. The Morgan fingerprint density at radius 1 is 1.17 bits per heavy atom. The molecule has 0 radical (unpaired) electrons. The summed E-state index contributed by atoms with van der Waals surface area (Å²) in [5, 5.41) is 6.10. The highest BCUT2D eigenvalue weighted by molar-refractivity contribution is 5.78. The monoisotopic (exact) mass is 406 g/mol. The van der Waals surface area contributed by atoms with E-state index in [0.717, 1.165) is 64.3 Å². The summed E-state index contributed by atoms with van der Waals surface area (Å²) in [4.78, 5) is 29.0. The molecule has 2 aliphatic rings. The molecule has 1 aliphatic carbocycles. The Labute approximate surface area is 172 Å². The molecule has 1 saturated carbocycles. The van der Waals surface area contributed by atoms with E-state index in [9.17, 15) is 9.59 Å². The van der Waals surface area contributed by atoms with Crippen LogP contribution in [0.2, 0.25) is 0 Å². The van der Waals surface area contributed by atoms with Crippen LogP contribution in [0.25, 0.3) is 0 Å². The lowest BCUT2D eigenvalue weighted by atomic mass is 9.96. The van der Waals surface area contributed by atoms with E-state index in [2.05, 4.69) is 15.5 Å². The summed E-state index contributed by atoms with van der Waals surface area (Å²) < 4.78 is 10.7. The van der Waals surface area contributed by atoms with Gasteiger partial charge in [-0.3, -0.25) is 9.69 Å². The largest absolute Gasteiger partial charge is 0.467 e. The van der Waals surface area contributed by atoms with Crippen LogP contribution in [0.15, 0.2) is 22.8 Å². The minimum absolute atomic E-state index is 0.0341. The van der Waals surface area contributed by atoms with Gasteiger partial charge < -0.3 is 24.7 Å². The lowest BCUT2D eigenvalue weighted by molar-refractivity contribution is -0.121. The summed E-state index contributed by atoms with van der Waals surface area (Å²) in [5.41, 5.74) is 0. The van der Waals surface area contributed by atoms with E-state index < -0.39 is 0 Å². The molecule has 0 unspecified atom stereocenters. The average molecular weight is 407 g/mol. The summed E-state index contributed by atoms with van der Waals surface area (Å²) in [6.07, 6.45) is 7.51. The van der Waals surface area contributed by atoms with Gasteiger partial charge in [0.15, 0.2) is 0 Å². The first-order valence-electron chi connectivity index (χ1n) is 10.9. The maximum absolute atomic E-state index is 12.8. The Hall–Kier alpha value is -2.06. The number of rotatable bonds is 9. The van der Waals surface area contributed by atoms with E-state index in [4.69, 9.17) is 9.15 Å². The molecular weight excluding hydrogens is 372 g/mol. The summed E-state index contributed by atoms with van der Waals surface area (Å²) >= 11 is 0. The number of hydrogen-bond acceptors (Lipinski definition) is 5. The van der Waals surface area contributed by atoms with Gasteiger partial charge >= 0.3 is 6.03 Å². The topological polar surface area (TPSA) is 87.0 Å². The van der Waals surface area contributed by atoms with Gasteiger partial charge in [0.2, 0.25) is 5.91 Å². The zero-order valence-corrected chi connectivity index (χ0v) is 17.2. The van der Waals surface area contributed by atoms with E-state index in [1.807, 2.05) is 12.1 Å². The number of carbonyl (C=O) groups is 2. The highest BCUT2D eigenvalue weighted by atomic mass is 16.5. The van der Waals surface area contributed by atoms with E-state index in [1.165, 1.54) is 6.42 Å². The molecular formula is C21H34N4O4. The number of furan rings is 1. The lowest BCUT2D eigenvalue weighted by Crippen LogP contribution is -2.46. The third kappa shape index (κ3) is 7.70. The Bertz CT molecular complexity index is 610. The second kappa shape index (κ2) is 11.8. The molecule has 162 valence electrons. The van der Waals surface area contributed by atoms with Crippen LogP contribution in [0, 0.1) is 0 Å². The van der Waals surface area contributed by atoms with Crippen LogP contribution in [0.5, 0.6) is 0 Å². The number of amides is 3. The van der Waals surface area contributed by atoms with Gasteiger partial charge in [0, 0.05) is 45.2 Å². The Morgan fingerprint density at radius 3 is 2.69 bits per heavy atom. The molecule has 1 aromatic rings. The van der Waals surface area contributed by atoms with Crippen molar-refractivity contribution in [1.82, 2.24) is 20.4 Å². The van der Waals surface area contributed by atoms with Crippen LogP contribution in [0.1, 0.15) is 44.3 Å². The first kappa shape index (κ1) is 21.6. The van der Waals surface area contributed by atoms with Crippen molar-refractivity contribution in [2.45, 2.75) is 51.1 Å². The van der Waals surface area contributed by atoms with Crippen molar-refractivity contribution >= 4 is 11.9 Å². The molecule has 1 aliphatic heterocycles. The zero-order valence-electron chi connectivity index (χ0n) is 17.2. The van der Waals surface area contributed by atoms with E-state index in [1.54, 1.807) is 11.2 Å². The van der Waals surface area contributed by atoms with Crippen LogP contribution in [-0.4, -0.2) is 73.7 Å². The second-order valence-corrected chi connectivity index (χ2v) is 7.84. The molecule has 8 heteroatoms. The molecule has 2 fully saturated rings. The smallest absolute Gasteiger partial charge is 0.318 e. The van der Waals surface area contributed by atoms with Crippen molar-refractivity contribution in [1.29, 1.82) is 0 Å². The van der Waals surface area contributed by atoms with Gasteiger partial charge in [0.1, 0.15) is 5.76 Å². The average Bonchev–Trinajstić information content (AvgIpc) is 3.26. The molecule has 3 amide bonds. The second-order valence-electron chi connectivity index (χ2n) is 7.84. The fraction of sp³-hybridized carbons (Fsp3) is 0.714. The molecule has 29 heavy (non-hydrogen) atoms. The summed E-state index contributed by atoms with van der Waals surface area (Å²) in [6, 6.07) is 3.78. The number of nitrogens with one attached hydrogen (secondary N) is 2. The fourth-order valence-corrected chi connectivity index (χ4v) is 3.86. The predicted molar refractivity (Wildman–Crippen MR) is 109 cm³/mol. The van der Waals surface area contributed by atoms with E-state index in [0.29, 0.717) is 19.6 Å². The molecule has 0 aromatic carbocycles. The van der Waals surface area contributed by atoms with Crippen LogP contribution in [0.3, 0.4) is 0 Å². The lowest BCUT2D eigenvalue weighted by Gasteiger charge is -2.28. The Morgan fingerprint density at radius 2 is 1.97 bits per heavy atom. The molecule has 2 N–H and O–H groups in total. The molecule has 1 aromatic heterocycles. The first-order valence-corrected chi connectivity index (χ1v) is 10.9. The highest BCUT2D eigenvalue weighted by Gasteiger charge is 2.21. The number of morpholine rings is 1. The van der Waals surface area contributed by atoms with Gasteiger partial charge in [-0.2, -0.15) is 0 Å². The molecule has 1 saturated heterocycles. The van der Waals surface area contributed by atoms with Crippen LogP contribution in [0.4, 0.5) is 4.79 Å². The van der Waals surface area contributed by atoms with Crippen molar-refractivity contribution in [3.63, 3.8) is 0 Å². The zero-order chi connectivity index (χ0) is 20.3. The van der Waals surface area contributed by atoms with Gasteiger partial charge in [-0.1, -0.05) is 19.3 Å². The van der Waals surface area contributed by atoms with Gasteiger partial charge in [0.25, 0.3) is 0 Å². The summed E-state index contributed by atoms with van der Waals surface area (Å²) in [6.45, 7) is 5.51. The van der Waals surface area contributed by atoms with Crippen LogP contribution >= 0.6 is 0 Å². The minimum atomic E-state index is -0.116. The highest BCUT2D eigenvalue weighted by Crippen LogP contribution is 2.18. The van der Waals surface area contributed by atoms with Gasteiger partial charge in [-0.25, -0.2) is 4.79 Å². The summed E-state index contributed by atoms with van der Waals surface area (Å²) in [7, 11) is 0. The molecule has 3 rings (SSSR count). The number of hydrogen-bond donors (Lipinski definition) is 2. The molecule has 0 atom stereocenters. The van der Waals surface area contributed by atoms with Crippen LogP contribution < -0.4 is 10.6 Å². The maximum atomic E-state index is 12.8. The van der Waals surface area contributed by atoms with Crippen molar-refractivity contribution < 1.29 is 18.7 Å².